The molecule has 118 valence electrons. The molecule has 0 aliphatic heterocycles. The maximum absolute atomic E-state index is 5.42. The van der Waals surface area contributed by atoms with Crippen molar-refractivity contribution in [2.24, 2.45) is 0 Å². The first-order valence-electron chi connectivity index (χ1n) is 7.51. The van der Waals surface area contributed by atoms with Crippen molar-refractivity contribution in [1.29, 1.82) is 0 Å². The van der Waals surface area contributed by atoms with Gasteiger partial charge in [-0.2, -0.15) is 4.98 Å². The molecule has 0 spiro atoms. The van der Waals surface area contributed by atoms with E-state index < -0.39 is 0 Å². The Morgan fingerprint density at radius 1 is 0.875 bits per heavy atom. The summed E-state index contributed by atoms with van der Waals surface area (Å²) in [6, 6.07) is 13.5. The Hall–Kier alpha value is -3.28. The topological polar surface area (TPSA) is 77.8 Å². The lowest BCUT2D eigenvalue weighted by atomic mass is 10.1. The molecule has 4 rings (SSSR count). The molecule has 1 aromatic carbocycles. The molecule has 3 aromatic heterocycles. The summed E-state index contributed by atoms with van der Waals surface area (Å²) < 4.78 is 10.8. The Kier molecular flexibility index (Phi) is 3.42. The molecule has 4 aromatic rings. The van der Waals surface area contributed by atoms with Crippen molar-refractivity contribution in [2.75, 3.05) is 0 Å². The van der Waals surface area contributed by atoms with Crippen LogP contribution < -0.4 is 0 Å². The van der Waals surface area contributed by atoms with Crippen molar-refractivity contribution in [3.8, 4) is 34.4 Å². The fraction of sp³-hybridized carbons (Fsp3) is 0.111. The fourth-order valence-corrected chi connectivity index (χ4v) is 2.41. The minimum atomic E-state index is 0.303. The molecule has 0 amide bonds. The highest BCUT2D eigenvalue weighted by molar-refractivity contribution is 5.67. The second kappa shape index (κ2) is 5.73. The van der Waals surface area contributed by atoms with Crippen molar-refractivity contribution in [2.45, 2.75) is 13.8 Å². The van der Waals surface area contributed by atoms with Crippen LogP contribution in [0.15, 0.2) is 57.7 Å². The zero-order valence-electron chi connectivity index (χ0n) is 13.2. The molecular weight excluding hydrogens is 304 g/mol. The number of aryl methyl sites for hydroxylation is 1. The third kappa shape index (κ3) is 2.48. The fourth-order valence-electron chi connectivity index (χ4n) is 2.41. The molecule has 0 radical (unpaired) electrons. The van der Waals surface area contributed by atoms with Gasteiger partial charge in [0.05, 0.1) is 5.69 Å². The number of aromatic nitrogens is 4. The molecule has 24 heavy (non-hydrogen) atoms. The van der Waals surface area contributed by atoms with Crippen LogP contribution in [0.3, 0.4) is 0 Å². The van der Waals surface area contributed by atoms with Gasteiger partial charge in [0.25, 0.3) is 5.89 Å². The van der Waals surface area contributed by atoms with Crippen LogP contribution in [0.1, 0.15) is 11.1 Å². The van der Waals surface area contributed by atoms with E-state index >= 15 is 0 Å². The van der Waals surface area contributed by atoms with Crippen LogP contribution in [0, 0.1) is 13.8 Å². The first-order chi connectivity index (χ1) is 11.7. The molecule has 0 saturated carbocycles. The maximum Gasteiger partial charge on any atom is 0.297 e. The van der Waals surface area contributed by atoms with E-state index in [1.54, 1.807) is 6.20 Å². The number of rotatable bonds is 3. The van der Waals surface area contributed by atoms with Crippen LogP contribution in [-0.2, 0) is 0 Å². The van der Waals surface area contributed by atoms with E-state index in [9.17, 15) is 0 Å². The Balaban J connectivity index is 1.71. The van der Waals surface area contributed by atoms with Gasteiger partial charge in [0.2, 0.25) is 11.6 Å². The van der Waals surface area contributed by atoms with E-state index in [4.69, 9.17) is 9.05 Å². The van der Waals surface area contributed by atoms with Crippen LogP contribution in [0.4, 0.5) is 0 Å². The Morgan fingerprint density at radius 2 is 1.71 bits per heavy atom. The third-order valence-electron chi connectivity index (χ3n) is 3.76. The van der Waals surface area contributed by atoms with E-state index in [1.165, 1.54) is 5.56 Å². The quantitative estimate of drug-likeness (QED) is 0.566. The van der Waals surface area contributed by atoms with Crippen molar-refractivity contribution >= 4 is 0 Å². The molecule has 0 atom stereocenters. The lowest BCUT2D eigenvalue weighted by molar-refractivity contribution is 0.386. The van der Waals surface area contributed by atoms with Crippen molar-refractivity contribution in [1.82, 2.24) is 20.3 Å². The molecule has 0 unspecified atom stereocenters. The second-order valence-electron chi connectivity index (χ2n) is 5.49. The minimum Gasteiger partial charge on any atom is -0.350 e. The highest BCUT2D eigenvalue weighted by Crippen LogP contribution is 2.30. The standard InChI is InChI=1S/C18H14N4O2/c1-11-6-8-13(9-7-11)17-20-18(24-22-17)16-12(2)15(21-23-16)14-5-3-4-10-19-14/h3-10H,1-2H3. The predicted molar refractivity (Wildman–Crippen MR) is 87.9 cm³/mol. The monoisotopic (exact) mass is 318 g/mol. The molecule has 3 heterocycles. The molecule has 0 saturated heterocycles. The maximum atomic E-state index is 5.42. The number of nitrogens with zero attached hydrogens (tertiary/aromatic N) is 4. The highest BCUT2D eigenvalue weighted by Gasteiger charge is 2.21. The minimum absolute atomic E-state index is 0.303. The summed E-state index contributed by atoms with van der Waals surface area (Å²) in [5.74, 6) is 1.28. The van der Waals surface area contributed by atoms with E-state index in [1.807, 2.05) is 56.3 Å². The van der Waals surface area contributed by atoms with E-state index in [0.717, 1.165) is 16.8 Å². The summed E-state index contributed by atoms with van der Waals surface area (Å²) in [7, 11) is 0. The van der Waals surface area contributed by atoms with Crippen LogP contribution >= 0.6 is 0 Å². The summed E-state index contributed by atoms with van der Waals surface area (Å²) in [5.41, 5.74) is 4.28. The van der Waals surface area contributed by atoms with E-state index in [0.29, 0.717) is 23.2 Å². The number of hydrogen-bond donors (Lipinski definition) is 0. The second-order valence-corrected chi connectivity index (χ2v) is 5.49. The summed E-state index contributed by atoms with van der Waals surface area (Å²) in [6.45, 7) is 3.92. The third-order valence-corrected chi connectivity index (χ3v) is 3.76. The van der Waals surface area contributed by atoms with E-state index in [-0.39, 0.29) is 0 Å². The van der Waals surface area contributed by atoms with Gasteiger partial charge in [-0.15, -0.1) is 0 Å². The highest BCUT2D eigenvalue weighted by atomic mass is 16.5. The smallest absolute Gasteiger partial charge is 0.297 e. The summed E-state index contributed by atoms with van der Waals surface area (Å²) in [6.07, 6.45) is 1.71. The van der Waals surface area contributed by atoms with Crippen LogP contribution in [0.5, 0.6) is 0 Å². The molecule has 0 N–H and O–H groups in total. The Bertz CT molecular complexity index is 972. The number of hydrogen-bond acceptors (Lipinski definition) is 6. The van der Waals surface area contributed by atoms with Gasteiger partial charge in [-0.3, -0.25) is 4.98 Å². The average Bonchev–Trinajstić information content (AvgIpc) is 3.23. The van der Waals surface area contributed by atoms with Gasteiger partial charge in [-0.1, -0.05) is 46.2 Å². The number of benzene rings is 1. The largest absolute Gasteiger partial charge is 0.350 e. The Labute approximate surface area is 138 Å². The Morgan fingerprint density at radius 3 is 2.46 bits per heavy atom. The first-order valence-corrected chi connectivity index (χ1v) is 7.51. The van der Waals surface area contributed by atoms with Crippen molar-refractivity contribution in [3.05, 3.63) is 59.8 Å². The molecule has 0 bridgehead atoms. The molecule has 0 aliphatic rings. The van der Waals surface area contributed by atoms with Gasteiger partial charge in [0, 0.05) is 17.3 Å². The van der Waals surface area contributed by atoms with Gasteiger partial charge in [-0.25, -0.2) is 0 Å². The van der Waals surface area contributed by atoms with Crippen LogP contribution in [0.2, 0.25) is 0 Å². The summed E-state index contributed by atoms with van der Waals surface area (Å²) >= 11 is 0. The van der Waals surface area contributed by atoms with Crippen LogP contribution in [-0.4, -0.2) is 20.3 Å². The number of pyridine rings is 1. The van der Waals surface area contributed by atoms with Gasteiger partial charge >= 0.3 is 0 Å². The summed E-state index contributed by atoms with van der Waals surface area (Å²) in [5, 5.41) is 8.12. The molecule has 0 aliphatic carbocycles. The SMILES string of the molecule is Cc1ccc(-c2noc(-c3onc(-c4ccccn4)c3C)n2)cc1. The first kappa shape index (κ1) is 14.3. The van der Waals surface area contributed by atoms with Gasteiger partial charge in [-0.05, 0) is 26.0 Å². The van der Waals surface area contributed by atoms with Crippen molar-refractivity contribution in [3.63, 3.8) is 0 Å². The lowest BCUT2D eigenvalue weighted by Crippen LogP contribution is -1.85. The zero-order chi connectivity index (χ0) is 16.5. The van der Waals surface area contributed by atoms with Crippen LogP contribution in [0.25, 0.3) is 34.4 Å². The van der Waals surface area contributed by atoms with Gasteiger partial charge in [0.1, 0.15) is 5.69 Å². The normalized spacial score (nSPS) is 10.9. The van der Waals surface area contributed by atoms with Gasteiger partial charge in [0.15, 0.2) is 0 Å². The van der Waals surface area contributed by atoms with E-state index in [2.05, 4.69) is 20.3 Å². The van der Waals surface area contributed by atoms with Crippen molar-refractivity contribution < 1.29 is 9.05 Å². The molecular formula is C18H14N4O2. The average molecular weight is 318 g/mol. The molecule has 0 fully saturated rings. The summed E-state index contributed by atoms with van der Waals surface area (Å²) in [4.78, 5) is 8.71. The molecule has 6 nitrogen and oxygen atoms in total. The predicted octanol–water partition coefficient (Wildman–Crippen LogP) is 4.07. The lowest BCUT2D eigenvalue weighted by Gasteiger charge is -1.95. The van der Waals surface area contributed by atoms with Gasteiger partial charge < -0.3 is 9.05 Å². The zero-order valence-corrected chi connectivity index (χ0v) is 13.2. The molecule has 6 heteroatoms.